The minimum Gasteiger partial charge on any atom is -0.294 e. The lowest BCUT2D eigenvalue weighted by molar-refractivity contribution is 0.0992. The van der Waals surface area contributed by atoms with Crippen LogP contribution in [0.4, 0.5) is 4.39 Å². The van der Waals surface area contributed by atoms with Crippen molar-refractivity contribution in [2.24, 2.45) is 0 Å². The van der Waals surface area contributed by atoms with Gasteiger partial charge in [-0.25, -0.2) is 4.39 Å². The zero-order chi connectivity index (χ0) is 15.4. The highest BCUT2D eigenvalue weighted by atomic mass is 19.1. The van der Waals surface area contributed by atoms with E-state index in [-0.39, 0.29) is 18.0 Å². The van der Waals surface area contributed by atoms with Crippen LogP contribution in [0.15, 0.2) is 67.0 Å². The standard InChI is InChI=1S/C18H13FN2O/c19-15-7-4-13(5-8-15)18(22)11-16-9-6-14(12-21-16)17-3-1-2-10-20-17/h1-10,12H,11H2. The highest BCUT2D eigenvalue weighted by Gasteiger charge is 2.08. The third kappa shape index (κ3) is 3.23. The van der Waals surface area contributed by atoms with Gasteiger partial charge in [0.1, 0.15) is 5.82 Å². The van der Waals surface area contributed by atoms with Crippen molar-refractivity contribution in [2.75, 3.05) is 0 Å². The first-order valence-corrected chi connectivity index (χ1v) is 6.87. The molecule has 0 saturated carbocycles. The fraction of sp³-hybridized carbons (Fsp3) is 0.0556. The second kappa shape index (κ2) is 6.26. The summed E-state index contributed by atoms with van der Waals surface area (Å²) < 4.78 is 12.9. The summed E-state index contributed by atoms with van der Waals surface area (Å²) in [7, 11) is 0. The van der Waals surface area contributed by atoms with Crippen LogP contribution in [0.1, 0.15) is 16.1 Å². The van der Waals surface area contributed by atoms with Crippen molar-refractivity contribution < 1.29 is 9.18 Å². The smallest absolute Gasteiger partial charge is 0.168 e. The van der Waals surface area contributed by atoms with Crippen molar-refractivity contribution in [2.45, 2.75) is 6.42 Å². The van der Waals surface area contributed by atoms with Crippen LogP contribution in [-0.4, -0.2) is 15.8 Å². The molecule has 0 spiro atoms. The Morgan fingerprint density at radius 3 is 2.41 bits per heavy atom. The summed E-state index contributed by atoms with van der Waals surface area (Å²) >= 11 is 0. The molecule has 3 aromatic rings. The lowest BCUT2D eigenvalue weighted by Crippen LogP contribution is -2.05. The largest absolute Gasteiger partial charge is 0.294 e. The van der Waals surface area contributed by atoms with Crippen LogP contribution in [-0.2, 0) is 6.42 Å². The van der Waals surface area contributed by atoms with Gasteiger partial charge in [-0.3, -0.25) is 14.8 Å². The van der Waals surface area contributed by atoms with Gasteiger partial charge in [0, 0.05) is 29.2 Å². The Morgan fingerprint density at radius 2 is 1.77 bits per heavy atom. The van der Waals surface area contributed by atoms with Gasteiger partial charge in [0.15, 0.2) is 5.78 Å². The predicted molar refractivity (Wildman–Crippen MR) is 81.9 cm³/mol. The van der Waals surface area contributed by atoms with Gasteiger partial charge in [0.05, 0.1) is 12.1 Å². The summed E-state index contributed by atoms with van der Waals surface area (Å²) in [5, 5.41) is 0. The molecule has 0 radical (unpaired) electrons. The van der Waals surface area contributed by atoms with Crippen molar-refractivity contribution in [3.8, 4) is 11.3 Å². The molecule has 3 nitrogen and oxygen atoms in total. The van der Waals surface area contributed by atoms with Gasteiger partial charge in [-0.1, -0.05) is 6.07 Å². The molecule has 3 rings (SSSR count). The van der Waals surface area contributed by atoms with E-state index in [4.69, 9.17) is 0 Å². The van der Waals surface area contributed by atoms with E-state index < -0.39 is 0 Å². The Kier molecular flexibility index (Phi) is 4.01. The maximum absolute atomic E-state index is 12.9. The summed E-state index contributed by atoms with van der Waals surface area (Å²) in [6, 6.07) is 14.9. The maximum Gasteiger partial charge on any atom is 0.168 e. The number of ketones is 1. The Labute approximate surface area is 127 Å². The molecule has 0 bridgehead atoms. The third-order valence-corrected chi connectivity index (χ3v) is 3.29. The van der Waals surface area contributed by atoms with Crippen molar-refractivity contribution in [1.82, 2.24) is 9.97 Å². The molecule has 0 aliphatic rings. The van der Waals surface area contributed by atoms with E-state index in [0.29, 0.717) is 11.3 Å². The van der Waals surface area contributed by atoms with Crippen LogP contribution < -0.4 is 0 Å². The summed E-state index contributed by atoms with van der Waals surface area (Å²) in [5.41, 5.74) is 2.90. The topological polar surface area (TPSA) is 42.9 Å². The number of rotatable bonds is 4. The molecule has 0 aliphatic heterocycles. The minimum atomic E-state index is -0.352. The molecule has 0 fully saturated rings. The van der Waals surface area contributed by atoms with Gasteiger partial charge < -0.3 is 0 Å². The Hall–Kier alpha value is -2.88. The van der Waals surface area contributed by atoms with Crippen LogP contribution in [0.2, 0.25) is 0 Å². The third-order valence-electron chi connectivity index (χ3n) is 3.29. The number of carbonyl (C=O) groups is 1. The molecule has 2 aromatic heterocycles. The van der Waals surface area contributed by atoms with Gasteiger partial charge in [-0.15, -0.1) is 0 Å². The van der Waals surface area contributed by atoms with Gasteiger partial charge in [0.2, 0.25) is 0 Å². The first-order valence-electron chi connectivity index (χ1n) is 6.87. The number of hydrogen-bond acceptors (Lipinski definition) is 3. The number of halogens is 1. The van der Waals surface area contributed by atoms with E-state index in [0.717, 1.165) is 11.3 Å². The van der Waals surface area contributed by atoms with Crippen molar-refractivity contribution in [3.63, 3.8) is 0 Å². The highest BCUT2D eigenvalue weighted by molar-refractivity contribution is 5.97. The van der Waals surface area contributed by atoms with E-state index in [1.54, 1.807) is 12.4 Å². The summed E-state index contributed by atoms with van der Waals surface area (Å²) in [6.45, 7) is 0. The molecular weight excluding hydrogens is 279 g/mol. The highest BCUT2D eigenvalue weighted by Crippen LogP contribution is 2.16. The number of Topliss-reactive ketones (excluding diaryl/α,β-unsaturated/α-hetero) is 1. The molecule has 22 heavy (non-hydrogen) atoms. The van der Waals surface area contributed by atoms with E-state index in [1.165, 1.54) is 24.3 Å². The quantitative estimate of drug-likeness (QED) is 0.688. The minimum absolute atomic E-state index is 0.0851. The Bertz CT molecular complexity index is 768. The number of benzene rings is 1. The average molecular weight is 292 g/mol. The fourth-order valence-electron chi connectivity index (χ4n) is 2.12. The van der Waals surface area contributed by atoms with Crippen LogP contribution in [0, 0.1) is 5.82 Å². The molecule has 0 N–H and O–H groups in total. The normalized spacial score (nSPS) is 10.4. The lowest BCUT2D eigenvalue weighted by atomic mass is 10.1. The predicted octanol–water partition coefficient (Wildman–Crippen LogP) is 3.71. The van der Waals surface area contributed by atoms with E-state index in [9.17, 15) is 9.18 Å². The zero-order valence-electron chi connectivity index (χ0n) is 11.7. The molecule has 4 heteroatoms. The number of hydrogen-bond donors (Lipinski definition) is 0. The van der Waals surface area contributed by atoms with Crippen molar-refractivity contribution in [3.05, 3.63) is 84.1 Å². The maximum atomic E-state index is 12.9. The molecule has 2 heterocycles. The molecular formula is C18H13FN2O. The fourth-order valence-corrected chi connectivity index (χ4v) is 2.12. The lowest BCUT2D eigenvalue weighted by Gasteiger charge is -2.03. The molecule has 0 amide bonds. The van der Waals surface area contributed by atoms with Crippen LogP contribution in [0.25, 0.3) is 11.3 Å². The Balaban J connectivity index is 1.73. The molecule has 1 aromatic carbocycles. The number of nitrogens with zero attached hydrogens (tertiary/aromatic N) is 2. The SMILES string of the molecule is O=C(Cc1ccc(-c2ccccn2)cn1)c1ccc(F)cc1. The summed E-state index contributed by atoms with van der Waals surface area (Å²) in [5.74, 6) is -0.438. The van der Waals surface area contributed by atoms with Gasteiger partial charge in [-0.2, -0.15) is 0 Å². The molecule has 0 aliphatic carbocycles. The van der Waals surface area contributed by atoms with E-state index in [1.807, 2.05) is 30.3 Å². The summed E-state index contributed by atoms with van der Waals surface area (Å²) in [4.78, 5) is 20.7. The molecule has 108 valence electrons. The number of aromatic nitrogens is 2. The first-order chi connectivity index (χ1) is 10.7. The van der Waals surface area contributed by atoms with Crippen LogP contribution in [0.3, 0.4) is 0 Å². The summed E-state index contributed by atoms with van der Waals surface area (Å²) in [6.07, 6.45) is 3.62. The number of carbonyl (C=O) groups excluding carboxylic acids is 1. The van der Waals surface area contributed by atoms with Crippen molar-refractivity contribution >= 4 is 5.78 Å². The van der Waals surface area contributed by atoms with Gasteiger partial charge >= 0.3 is 0 Å². The Morgan fingerprint density at radius 1 is 0.955 bits per heavy atom. The first kappa shape index (κ1) is 14.1. The average Bonchev–Trinajstić information content (AvgIpc) is 2.57. The molecule has 0 atom stereocenters. The monoisotopic (exact) mass is 292 g/mol. The second-order valence-corrected chi connectivity index (χ2v) is 4.86. The van der Waals surface area contributed by atoms with Crippen molar-refractivity contribution in [1.29, 1.82) is 0 Å². The van der Waals surface area contributed by atoms with Gasteiger partial charge in [0.25, 0.3) is 0 Å². The number of pyridine rings is 2. The van der Waals surface area contributed by atoms with E-state index >= 15 is 0 Å². The van der Waals surface area contributed by atoms with Crippen LogP contribution >= 0.6 is 0 Å². The van der Waals surface area contributed by atoms with Gasteiger partial charge in [-0.05, 0) is 48.5 Å². The molecule has 0 saturated heterocycles. The van der Waals surface area contributed by atoms with E-state index in [2.05, 4.69) is 9.97 Å². The zero-order valence-corrected chi connectivity index (χ0v) is 11.7. The second-order valence-electron chi connectivity index (χ2n) is 4.86. The molecule has 0 unspecified atom stereocenters. The van der Waals surface area contributed by atoms with Crippen LogP contribution in [0.5, 0.6) is 0 Å².